The van der Waals surface area contributed by atoms with Crippen molar-refractivity contribution in [2.24, 2.45) is 0 Å². The Kier molecular flexibility index (Phi) is 6.02. The van der Waals surface area contributed by atoms with Crippen LogP contribution in [0.25, 0.3) is 0 Å². The van der Waals surface area contributed by atoms with Gasteiger partial charge in [0.1, 0.15) is 5.76 Å². The van der Waals surface area contributed by atoms with Crippen molar-refractivity contribution in [1.29, 1.82) is 0 Å². The molecule has 1 aromatic rings. The fraction of sp³-hybridized carbons (Fsp3) is 0.667. The van der Waals surface area contributed by atoms with Crippen molar-refractivity contribution in [2.45, 2.75) is 51.1 Å². The summed E-state index contributed by atoms with van der Waals surface area (Å²) in [5.74, 6) is 0.275. The molecule has 0 spiro atoms. The quantitative estimate of drug-likeness (QED) is 0.809. The summed E-state index contributed by atoms with van der Waals surface area (Å²) in [5.41, 5.74) is 0. The van der Waals surface area contributed by atoms with Crippen LogP contribution in [0.1, 0.15) is 44.3 Å². The van der Waals surface area contributed by atoms with Gasteiger partial charge in [0.25, 0.3) is 0 Å². The molecule has 0 bridgehead atoms. The predicted molar refractivity (Wildman–Crippen MR) is 83.6 cm³/mol. The van der Waals surface area contributed by atoms with Crippen molar-refractivity contribution in [3.05, 3.63) is 24.2 Å². The SMILES string of the molecule is CS(=O)(=O)N(CC(=O)NC1CCCCCC1)Cc1ccco1. The molecular weight excluding hydrogens is 304 g/mol. The highest BCUT2D eigenvalue weighted by atomic mass is 32.2. The fourth-order valence-electron chi connectivity index (χ4n) is 2.72. The van der Waals surface area contributed by atoms with E-state index in [1.165, 1.54) is 19.1 Å². The molecule has 0 atom stereocenters. The molecule has 0 aliphatic heterocycles. The van der Waals surface area contributed by atoms with Crippen molar-refractivity contribution < 1.29 is 17.6 Å². The predicted octanol–water partition coefficient (Wildman–Crippen LogP) is 1.88. The third kappa shape index (κ3) is 5.46. The van der Waals surface area contributed by atoms with Gasteiger partial charge in [-0.25, -0.2) is 8.42 Å². The van der Waals surface area contributed by atoms with E-state index in [0.29, 0.717) is 5.76 Å². The van der Waals surface area contributed by atoms with Gasteiger partial charge >= 0.3 is 0 Å². The van der Waals surface area contributed by atoms with Gasteiger partial charge in [-0.15, -0.1) is 0 Å². The first kappa shape index (κ1) is 17.0. The monoisotopic (exact) mass is 328 g/mol. The summed E-state index contributed by atoms with van der Waals surface area (Å²) in [6.45, 7) is -0.0973. The van der Waals surface area contributed by atoms with Gasteiger partial charge in [-0.2, -0.15) is 4.31 Å². The number of amides is 1. The van der Waals surface area contributed by atoms with E-state index in [4.69, 9.17) is 4.42 Å². The maximum atomic E-state index is 12.2. The van der Waals surface area contributed by atoms with Crippen LogP contribution in [-0.4, -0.2) is 37.5 Å². The lowest BCUT2D eigenvalue weighted by Gasteiger charge is -2.21. The molecule has 0 saturated heterocycles. The van der Waals surface area contributed by atoms with Gasteiger partial charge in [0.15, 0.2) is 0 Å². The van der Waals surface area contributed by atoms with Crippen molar-refractivity contribution in [3.63, 3.8) is 0 Å². The Labute approximate surface area is 131 Å². The van der Waals surface area contributed by atoms with Crippen molar-refractivity contribution in [1.82, 2.24) is 9.62 Å². The molecule has 1 aromatic heterocycles. The smallest absolute Gasteiger partial charge is 0.235 e. The topological polar surface area (TPSA) is 79.6 Å². The molecular formula is C15H24N2O4S. The molecule has 6 nitrogen and oxygen atoms in total. The van der Waals surface area contributed by atoms with Gasteiger partial charge in [-0.05, 0) is 25.0 Å². The van der Waals surface area contributed by atoms with Crippen LogP contribution in [0.3, 0.4) is 0 Å². The van der Waals surface area contributed by atoms with E-state index in [2.05, 4.69) is 5.32 Å². The first-order valence-electron chi connectivity index (χ1n) is 7.72. The highest BCUT2D eigenvalue weighted by Crippen LogP contribution is 2.17. The van der Waals surface area contributed by atoms with Crippen molar-refractivity contribution in [3.8, 4) is 0 Å². The van der Waals surface area contributed by atoms with Crippen molar-refractivity contribution >= 4 is 15.9 Å². The van der Waals surface area contributed by atoms with Crippen LogP contribution in [0, 0.1) is 0 Å². The standard InChI is InChI=1S/C15H24N2O4S/c1-22(19,20)17(11-14-9-6-10-21-14)12-15(18)16-13-7-4-2-3-5-8-13/h6,9-10,13H,2-5,7-8,11-12H2,1H3,(H,16,18). The van der Waals surface area contributed by atoms with Crippen LogP contribution in [0.5, 0.6) is 0 Å². The van der Waals surface area contributed by atoms with Gasteiger partial charge in [0.05, 0.1) is 25.6 Å². The van der Waals surface area contributed by atoms with E-state index >= 15 is 0 Å². The Hall–Kier alpha value is -1.34. The second-order valence-electron chi connectivity index (χ2n) is 5.87. The molecule has 1 N–H and O–H groups in total. The molecule has 2 rings (SSSR count). The minimum Gasteiger partial charge on any atom is -0.468 e. The molecule has 22 heavy (non-hydrogen) atoms. The van der Waals surface area contributed by atoms with Crippen LogP contribution >= 0.6 is 0 Å². The zero-order valence-electron chi connectivity index (χ0n) is 13.0. The number of nitrogens with zero attached hydrogens (tertiary/aromatic N) is 1. The van der Waals surface area contributed by atoms with Gasteiger partial charge in [0.2, 0.25) is 15.9 Å². The summed E-state index contributed by atoms with van der Waals surface area (Å²) in [5, 5.41) is 2.97. The van der Waals surface area contributed by atoms with E-state index in [1.807, 2.05) is 0 Å². The number of rotatable bonds is 6. The number of furan rings is 1. The molecule has 1 fully saturated rings. The Morgan fingerprint density at radius 3 is 2.55 bits per heavy atom. The lowest BCUT2D eigenvalue weighted by Crippen LogP contribution is -2.43. The lowest BCUT2D eigenvalue weighted by molar-refractivity contribution is -0.122. The maximum absolute atomic E-state index is 12.2. The summed E-state index contributed by atoms with van der Waals surface area (Å²) in [4.78, 5) is 12.2. The van der Waals surface area contributed by atoms with E-state index in [1.54, 1.807) is 12.1 Å². The maximum Gasteiger partial charge on any atom is 0.235 e. The van der Waals surface area contributed by atoms with E-state index < -0.39 is 10.0 Å². The number of sulfonamides is 1. The van der Waals surface area contributed by atoms with Crippen LogP contribution in [-0.2, 0) is 21.4 Å². The second-order valence-corrected chi connectivity index (χ2v) is 7.85. The van der Waals surface area contributed by atoms with E-state index in [9.17, 15) is 13.2 Å². The lowest BCUT2D eigenvalue weighted by atomic mass is 10.1. The minimum atomic E-state index is -3.47. The summed E-state index contributed by atoms with van der Waals surface area (Å²) in [7, 11) is -3.47. The third-order valence-corrected chi connectivity index (χ3v) is 5.12. The highest BCUT2D eigenvalue weighted by Gasteiger charge is 2.23. The molecule has 1 aliphatic rings. The van der Waals surface area contributed by atoms with Gasteiger partial charge in [-0.3, -0.25) is 4.79 Å². The summed E-state index contributed by atoms with van der Waals surface area (Å²) < 4.78 is 30.0. The first-order valence-corrected chi connectivity index (χ1v) is 9.57. The zero-order valence-corrected chi connectivity index (χ0v) is 13.8. The Morgan fingerprint density at radius 1 is 1.32 bits per heavy atom. The Balaban J connectivity index is 1.92. The van der Waals surface area contributed by atoms with E-state index in [-0.39, 0.29) is 25.0 Å². The summed E-state index contributed by atoms with van der Waals surface area (Å²) in [6, 6.07) is 3.56. The highest BCUT2D eigenvalue weighted by molar-refractivity contribution is 7.88. The number of carbonyl (C=O) groups excluding carboxylic acids is 1. The molecule has 7 heteroatoms. The summed E-state index contributed by atoms with van der Waals surface area (Å²) >= 11 is 0. The molecule has 1 heterocycles. The van der Waals surface area contributed by atoms with Gasteiger partial charge < -0.3 is 9.73 Å². The zero-order chi connectivity index (χ0) is 16.0. The second kappa shape index (κ2) is 7.78. The normalized spacial score (nSPS) is 17.4. The molecule has 1 aliphatic carbocycles. The van der Waals surface area contributed by atoms with Gasteiger partial charge in [0, 0.05) is 6.04 Å². The van der Waals surface area contributed by atoms with Crippen LogP contribution in [0.4, 0.5) is 0 Å². The number of nitrogens with one attached hydrogen (secondary N) is 1. The third-order valence-electron chi connectivity index (χ3n) is 3.92. The minimum absolute atomic E-state index is 0.0733. The van der Waals surface area contributed by atoms with Crippen molar-refractivity contribution in [2.75, 3.05) is 12.8 Å². The number of hydrogen-bond acceptors (Lipinski definition) is 4. The Bertz CT molecular complexity index is 560. The van der Waals surface area contributed by atoms with Crippen LogP contribution in [0.2, 0.25) is 0 Å². The Morgan fingerprint density at radius 2 is 2.00 bits per heavy atom. The fourth-order valence-corrected chi connectivity index (χ4v) is 3.44. The molecule has 1 amide bonds. The number of carbonyl (C=O) groups is 1. The van der Waals surface area contributed by atoms with Crippen LogP contribution in [0.15, 0.2) is 22.8 Å². The molecule has 1 saturated carbocycles. The number of hydrogen-bond donors (Lipinski definition) is 1. The largest absolute Gasteiger partial charge is 0.468 e. The van der Waals surface area contributed by atoms with Gasteiger partial charge in [-0.1, -0.05) is 25.7 Å². The first-order chi connectivity index (χ1) is 10.4. The molecule has 0 aromatic carbocycles. The van der Waals surface area contributed by atoms with E-state index in [0.717, 1.165) is 36.2 Å². The molecule has 0 unspecified atom stereocenters. The summed E-state index contributed by atoms with van der Waals surface area (Å²) in [6.07, 6.45) is 9.20. The van der Waals surface area contributed by atoms with Crippen LogP contribution < -0.4 is 5.32 Å². The average molecular weight is 328 g/mol. The molecule has 0 radical (unpaired) electrons. The molecule has 124 valence electrons. The average Bonchev–Trinajstić information content (AvgIpc) is 2.81.